The van der Waals surface area contributed by atoms with Crippen molar-refractivity contribution in [3.63, 3.8) is 0 Å². The highest BCUT2D eigenvalue weighted by molar-refractivity contribution is 6.99. The predicted octanol–water partition coefficient (Wildman–Crippen LogP) is 5.20. The fourth-order valence-electron chi connectivity index (χ4n) is 4.50. The van der Waals surface area contributed by atoms with Gasteiger partial charge in [-0.2, -0.15) is 0 Å². The van der Waals surface area contributed by atoms with Crippen molar-refractivity contribution in [3.05, 3.63) is 72.9 Å². The Morgan fingerprint density at radius 3 is 2.03 bits per heavy atom. The summed E-state index contributed by atoms with van der Waals surface area (Å²) in [5, 5.41) is 2.76. The first kappa shape index (κ1) is 21.9. The van der Waals surface area contributed by atoms with Crippen molar-refractivity contribution in [1.29, 1.82) is 0 Å². The van der Waals surface area contributed by atoms with Crippen molar-refractivity contribution < 1.29 is 4.43 Å². The lowest BCUT2D eigenvalue weighted by atomic mass is 10.2. The van der Waals surface area contributed by atoms with E-state index in [2.05, 4.69) is 112 Å². The molecule has 2 aromatic carbocycles. The molecule has 29 heavy (non-hydrogen) atoms. The molecule has 1 fully saturated rings. The van der Waals surface area contributed by atoms with E-state index < -0.39 is 8.32 Å². The highest BCUT2D eigenvalue weighted by Gasteiger charge is 2.50. The lowest BCUT2D eigenvalue weighted by Crippen LogP contribution is -2.67. The molecule has 2 nitrogen and oxygen atoms in total. The second-order valence-corrected chi connectivity index (χ2v) is 13.9. The molecule has 0 radical (unpaired) electrons. The zero-order chi connectivity index (χ0) is 20.9. The number of benzene rings is 2. The third-order valence-electron chi connectivity index (χ3n) is 5.99. The number of rotatable bonds is 7. The molecule has 0 aliphatic carbocycles. The second-order valence-electron chi connectivity index (χ2n) is 9.59. The Morgan fingerprint density at radius 2 is 1.55 bits per heavy atom. The molecule has 2 aromatic rings. The average molecular weight is 408 g/mol. The molecule has 0 N–H and O–H groups in total. The standard InChI is InChI=1S/C26H37NOSi/c1-22(2)18-20-27-19-12-13-23(27)21-28-29(26(3,4)5,24-14-8-6-9-15-24)25-16-10-7-11-17-25/h6-11,14-18,20,22-23H,12-13,19,21H2,1-5H3/b20-18+/t23-/m0/s1. The van der Waals surface area contributed by atoms with Gasteiger partial charge < -0.3 is 9.33 Å². The molecule has 1 atom stereocenters. The van der Waals surface area contributed by atoms with Gasteiger partial charge in [-0.05, 0) is 40.4 Å². The molecular formula is C26H37NOSi. The summed E-state index contributed by atoms with van der Waals surface area (Å²) in [5.41, 5.74) is 0. The number of likely N-dealkylation sites (tertiary alicyclic amines) is 1. The van der Waals surface area contributed by atoms with Crippen molar-refractivity contribution in [1.82, 2.24) is 4.90 Å². The third-order valence-corrected chi connectivity index (χ3v) is 11.0. The van der Waals surface area contributed by atoms with E-state index in [0.717, 1.165) is 13.2 Å². The molecule has 0 saturated carbocycles. The summed E-state index contributed by atoms with van der Waals surface area (Å²) in [4.78, 5) is 2.50. The Balaban J connectivity index is 1.96. The maximum absolute atomic E-state index is 7.15. The summed E-state index contributed by atoms with van der Waals surface area (Å²) in [6.07, 6.45) is 7.07. The first-order valence-electron chi connectivity index (χ1n) is 11.0. The van der Waals surface area contributed by atoms with Crippen molar-refractivity contribution in [2.75, 3.05) is 13.2 Å². The van der Waals surface area contributed by atoms with Gasteiger partial charge in [0.25, 0.3) is 8.32 Å². The maximum atomic E-state index is 7.15. The van der Waals surface area contributed by atoms with Crippen molar-refractivity contribution in [2.24, 2.45) is 5.92 Å². The van der Waals surface area contributed by atoms with Crippen LogP contribution in [0.2, 0.25) is 5.04 Å². The lowest BCUT2D eigenvalue weighted by molar-refractivity contribution is 0.203. The van der Waals surface area contributed by atoms with Gasteiger partial charge in [-0.1, -0.05) is 101 Å². The monoisotopic (exact) mass is 407 g/mol. The van der Waals surface area contributed by atoms with Gasteiger partial charge in [0.15, 0.2) is 0 Å². The summed E-state index contributed by atoms with van der Waals surface area (Å²) < 4.78 is 7.15. The van der Waals surface area contributed by atoms with Crippen LogP contribution >= 0.6 is 0 Å². The Kier molecular flexibility index (Phi) is 7.02. The smallest absolute Gasteiger partial charge is 0.261 e. The molecule has 0 spiro atoms. The fourth-order valence-corrected chi connectivity index (χ4v) is 9.10. The molecular weight excluding hydrogens is 370 g/mol. The number of allylic oxidation sites excluding steroid dienone is 1. The minimum atomic E-state index is -2.44. The van der Waals surface area contributed by atoms with Crippen molar-refractivity contribution in [2.45, 2.75) is 58.5 Å². The zero-order valence-electron chi connectivity index (χ0n) is 18.8. The van der Waals surface area contributed by atoms with Gasteiger partial charge in [-0.25, -0.2) is 0 Å². The van der Waals surface area contributed by atoms with E-state index in [1.54, 1.807) is 0 Å². The van der Waals surface area contributed by atoms with Crippen LogP contribution in [-0.4, -0.2) is 32.4 Å². The zero-order valence-corrected chi connectivity index (χ0v) is 19.8. The van der Waals surface area contributed by atoms with Crippen LogP contribution in [0.25, 0.3) is 0 Å². The van der Waals surface area contributed by atoms with E-state index in [4.69, 9.17) is 4.43 Å². The molecule has 156 valence electrons. The Labute approximate surface area is 178 Å². The third kappa shape index (κ3) is 4.84. The van der Waals surface area contributed by atoms with Crippen molar-refractivity contribution in [3.8, 4) is 0 Å². The van der Waals surface area contributed by atoms with E-state index in [1.165, 1.54) is 23.2 Å². The molecule has 1 saturated heterocycles. The fraction of sp³-hybridized carbons (Fsp3) is 0.462. The van der Waals surface area contributed by atoms with Crippen LogP contribution in [0.15, 0.2) is 72.9 Å². The van der Waals surface area contributed by atoms with Crippen LogP contribution < -0.4 is 10.4 Å². The van der Waals surface area contributed by atoms with Gasteiger partial charge in [0.05, 0.1) is 12.6 Å². The molecule has 0 aromatic heterocycles. The number of hydrogen-bond donors (Lipinski definition) is 0. The average Bonchev–Trinajstić information content (AvgIpc) is 3.15. The SMILES string of the molecule is CC(C)/C=C/N1CCC[C@H]1CO[Si](c1ccccc1)(c1ccccc1)C(C)(C)C. The molecule has 0 unspecified atom stereocenters. The van der Waals surface area contributed by atoms with E-state index in [9.17, 15) is 0 Å². The van der Waals surface area contributed by atoms with E-state index >= 15 is 0 Å². The minimum absolute atomic E-state index is 0.0346. The first-order valence-corrected chi connectivity index (χ1v) is 12.9. The molecule has 0 amide bonds. The molecule has 1 aliphatic rings. The normalized spacial score (nSPS) is 18.1. The quantitative estimate of drug-likeness (QED) is 0.585. The Bertz CT molecular complexity index is 740. The molecule has 3 rings (SSSR count). The van der Waals surface area contributed by atoms with Crippen LogP contribution in [0.4, 0.5) is 0 Å². The molecule has 0 bridgehead atoms. The summed E-state index contributed by atoms with van der Waals surface area (Å²) in [6, 6.07) is 22.4. The molecule has 3 heteroatoms. The van der Waals surface area contributed by atoms with Crippen LogP contribution in [0, 0.1) is 5.92 Å². The van der Waals surface area contributed by atoms with Crippen LogP contribution in [0.5, 0.6) is 0 Å². The number of nitrogens with zero attached hydrogens (tertiary/aromatic N) is 1. The van der Waals surface area contributed by atoms with Gasteiger partial charge in [0.1, 0.15) is 0 Å². The Hall–Kier alpha value is -1.84. The number of hydrogen-bond acceptors (Lipinski definition) is 2. The topological polar surface area (TPSA) is 12.5 Å². The lowest BCUT2D eigenvalue weighted by Gasteiger charge is -2.44. The van der Waals surface area contributed by atoms with Crippen molar-refractivity contribution >= 4 is 18.7 Å². The highest BCUT2D eigenvalue weighted by atomic mass is 28.4. The van der Waals surface area contributed by atoms with Crippen LogP contribution in [0.3, 0.4) is 0 Å². The maximum Gasteiger partial charge on any atom is 0.261 e. The van der Waals surface area contributed by atoms with Crippen LogP contribution in [0.1, 0.15) is 47.5 Å². The van der Waals surface area contributed by atoms with E-state index in [1.807, 2.05) is 0 Å². The van der Waals surface area contributed by atoms with Gasteiger partial charge in [-0.15, -0.1) is 0 Å². The predicted molar refractivity (Wildman–Crippen MR) is 127 cm³/mol. The first-order chi connectivity index (χ1) is 13.8. The highest BCUT2D eigenvalue weighted by Crippen LogP contribution is 2.37. The summed E-state index contributed by atoms with van der Waals surface area (Å²) in [7, 11) is -2.44. The largest absolute Gasteiger partial charge is 0.405 e. The molecule has 1 heterocycles. The minimum Gasteiger partial charge on any atom is -0.405 e. The Morgan fingerprint density at radius 1 is 1.00 bits per heavy atom. The summed E-state index contributed by atoms with van der Waals surface area (Å²) >= 11 is 0. The summed E-state index contributed by atoms with van der Waals surface area (Å²) in [6.45, 7) is 13.5. The summed E-state index contributed by atoms with van der Waals surface area (Å²) in [5.74, 6) is 0.578. The van der Waals surface area contributed by atoms with Gasteiger partial charge in [-0.3, -0.25) is 0 Å². The van der Waals surface area contributed by atoms with Gasteiger partial charge >= 0.3 is 0 Å². The second kappa shape index (κ2) is 9.31. The van der Waals surface area contributed by atoms with E-state index in [-0.39, 0.29) is 5.04 Å². The van der Waals surface area contributed by atoms with Gasteiger partial charge in [0, 0.05) is 6.54 Å². The van der Waals surface area contributed by atoms with Crippen LogP contribution in [-0.2, 0) is 4.43 Å². The molecule has 1 aliphatic heterocycles. The van der Waals surface area contributed by atoms with Gasteiger partial charge in [0.2, 0.25) is 0 Å². The van der Waals surface area contributed by atoms with E-state index in [0.29, 0.717) is 12.0 Å².